The van der Waals surface area contributed by atoms with Crippen LogP contribution in [0.5, 0.6) is 11.5 Å². The Labute approximate surface area is 166 Å². The lowest BCUT2D eigenvalue weighted by Gasteiger charge is -2.17. The Morgan fingerprint density at radius 3 is 2.75 bits per heavy atom. The summed E-state index contributed by atoms with van der Waals surface area (Å²) in [5.41, 5.74) is 3.89. The van der Waals surface area contributed by atoms with Gasteiger partial charge in [-0.05, 0) is 43.7 Å². The number of hydrogen-bond acceptors (Lipinski definition) is 5. The molecular weight excluding hydrogens is 374 g/mol. The summed E-state index contributed by atoms with van der Waals surface area (Å²) in [5, 5.41) is 7.59. The number of rotatable bonds is 2. The highest BCUT2D eigenvalue weighted by Crippen LogP contribution is 2.48. The number of amides is 1. The molecule has 2 atom stereocenters. The lowest BCUT2D eigenvalue weighted by atomic mass is 10.0. The molecule has 1 N–H and O–H groups in total. The van der Waals surface area contributed by atoms with Crippen molar-refractivity contribution in [2.45, 2.75) is 24.3 Å². The maximum atomic E-state index is 12.7. The Kier molecular flexibility index (Phi) is 4.05. The first-order chi connectivity index (χ1) is 13.6. The first-order valence-corrected chi connectivity index (χ1v) is 10.1. The van der Waals surface area contributed by atoms with Crippen molar-refractivity contribution in [3.05, 3.63) is 65.4 Å². The average molecular weight is 393 g/mol. The minimum Gasteiger partial charge on any atom is -0.454 e. The minimum atomic E-state index is -0.202. The molecule has 0 spiro atoms. The molecule has 1 aromatic heterocycles. The number of hydrogen-bond donors (Lipinski definition) is 1. The van der Waals surface area contributed by atoms with Gasteiger partial charge in [0.05, 0.1) is 21.9 Å². The number of fused-ring (bicyclic) bond motifs is 2. The third-order valence-corrected chi connectivity index (χ3v) is 6.42. The topological polar surface area (TPSA) is 65.4 Å². The van der Waals surface area contributed by atoms with E-state index in [1.807, 2.05) is 67.1 Å². The third kappa shape index (κ3) is 2.74. The second-order valence-electron chi connectivity index (χ2n) is 6.86. The monoisotopic (exact) mass is 393 g/mol. The molecule has 0 saturated heterocycles. The van der Waals surface area contributed by atoms with E-state index in [2.05, 4.69) is 5.32 Å². The van der Waals surface area contributed by atoms with Crippen LogP contribution in [-0.4, -0.2) is 27.7 Å². The molecule has 5 rings (SSSR count). The van der Waals surface area contributed by atoms with Gasteiger partial charge < -0.3 is 14.8 Å². The maximum absolute atomic E-state index is 12.7. The number of aryl methyl sites for hydroxylation is 1. The smallest absolute Gasteiger partial charge is 0.238 e. The van der Waals surface area contributed by atoms with Crippen LogP contribution in [0.2, 0.25) is 0 Å². The summed E-state index contributed by atoms with van der Waals surface area (Å²) < 4.78 is 12.8. The van der Waals surface area contributed by atoms with Crippen molar-refractivity contribution < 1.29 is 14.3 Å². The van der Waals surface area contributed by atoms with Crippen molar-refractivity contribution >= 4 is 23.5 Å². The molecule has 0 saturated carbocycles. The van der Waals surface area contributed by atoms with Crippen LogP contribution in [-0.2, 0) is 4.79 Å². The second-order valence-corrected chi connectivity index (χ2v) is 8.31. The summed E-state index contributed by atoms with van der Waals surface area (Å²) >= 11 is 1.62. The van der Waals surface area contributed by atoms with Crippen LogP contribution in [0.3, 0.4) is 0 Å². The van der Waals surface area contributed by atoms with E-state index in [4.69, 9.17) is 14.6 Å². The lowest BCUT2D eigenvalue weighted by Crippen LogP contribution is -2.22. The molecule has 142 valence electrons. The molecule has 1 amide bonds. The SMILES string of the molecule is Cc1nn(-c2ccccc2)c2c1[C@@H](c1ccc3c(c1)OCO3)S[C@@H](C)C(=O)N2. The van der Waals surface area contributed by atoms with Gasteiger partial charge in [-0.1, -0.05) is 24.3 Å². The van der Waals surface area contributed by atoms with Gasteiger partial charge >= 0.3 is 0 Å². The van der Waals surface area contributed by atoms with E-state index >= 15 is 0 Å². The number of carbonyl (C=O) groups is 1. The largest absolute Gasteiger partial charge is 0.454 e. The Balaban J connectivity index is 1.68. The predicted octanol–water partition coefficient (Wildman–Crippen LogP) is 4.07. The summed E-state index contributed by atoms with van der Waals surface area (Å²) in [6.45, 7) is 4.16. The zero-order valence-corrected chi connectivity index (χ0v) is 16.3. The standard InChI is InChI=1S/C21H19N3O3S/c1-12-18-19(14-8-9-16-17(10-14)27-11-26-16)28-13(2)21(25)22-20(18)24(23-12)15-6-4-3-5-7-15/h3-10,13,19H,11H2,1-2H3,(H,22,25)/t13-,19+/m0/s1. The normalized spacial score (nSPS) is 20.4. The van der Waals surface area contributed by atoms with Gasteiger partial charge in [-0.25, -0.2) is 4.68 Å². The van der Waals surface area contributed by atoms with E-state index in [9.17, 15) is 4.79 Å². The average Bonchev–Trinajstić information content (AvgIpc) is 3.27. The number of nitrogens with one attached hydrogen (secondary N) is 1. The van der Waals surface area contributed by atoms with E-state index in [0.717, 1.165) is 39.8 Å². The summed E-state index contributed by atoms with van der Waals surface area (Å²) in [7, 11) is 0. The van der Waals surface area contributed by atoms with E-state index in [-0.39, 0.29) is 23.2 Å². The molecule has 0 fully saturated rings. The number of carbonyl (C=O) groups excluding carboxylic acids is 1. The van der Waals surface area contributed by atoms with Crippen LogP contribution in [0.25, 0.3) is 5.69 Å². The van der Waals surface area contributed by atoms with Gasteiger partial charge in [0.1, 0.15) is 5.82 Å². The first-order valence-electron chi connectivity index (χ1n) is 9.12. The fraction of sp³-hybridized carbons (Fsp3) is 0.238. The number of aromatic nitrogens is 2. The van der Waals surface area contributed by atoms with Crippen LogP contribution >= 0.6 is 11.8 Å². The number of anilines is 1. The first kappa shape index (κ1) is 17.2. The predicted molar refractivity (Wildman–Crippen MR) is 108 cm³/mol. The van der Waals surface area contributed by atoms with Gasteiger partial charge in [0, 0.05) is 5.56 Å². The molecule has 0 aliphatic carbocycles. The molecule has 2 aliphatic rings. The van der Waals surface area contributed by atoms with E-state index < -0.39 is 0 Å². The second kappa shape index (κ2) is 6.60. The molecular formula is C21H19N3O3S. The number of ether oxygens (including phenoxy) is 2. The molecule has 0 unspecified atom stereocenters. The van der Waals surface area contributed by atoms with Crippen LogP contribution in [0, 0.1) is 6.92 Å². The molecule has 3 heterocycles. The van der Waals surface area contributed by atoms with Crippen molar-refractivity contribution in [1.29, 1.82) is 0 Å². The fourth-order valence-corrected chi connectivity index (χ4v) is 4.92. The van der Waals surface area contributed by atoms with E-state index in [1.165, 1.54) is 0 Å². The molecule has 2 aromatic carbocycles. The minimum absolute atomic E-state index is 0.0217. The Morgan fingerprint density at radius 2 is 1.93 bits per heavy atom. The van der Waals surface area contributed by atoms with Gasteiger partial charge in [-0.3, -0.25) is 4.79 Å². The highest BCUT2D eigenvalue weighted by atomic mass is 32.2. The summed E-state index contributed by atoms with van der Waals surface area (Å²) in [6.07, 6.45) is 0. The van der Waals surface area contributed by atoms with Crippen molar-refractivity contribution in [1.82, 2.24) is 9.78 Å². The van der Waals surface area contributed by atoms with Gasteiger partial charge in [0.25, 0.3) is 0 Å². The van der Waals surface area contributed by atoms with Gasteiger partial charge in [0.15, 0.2) is 11.5 Å². The fourth-order valence-electron chi connectivity index (χ4n) is 3.60. The van der Waals surface area contributed by atoms with Crippen LogP contribution in [0.15, 0.2) is 48.5 Å². The maximum Gasteiger partial charge on any atom is 0.238 e. The van der Waals surface area contributed by atoms with Crippen molar-refractivity contribution in [2.75, 3.05) is 12.1 Å². The Morgan fingerprint density at radius 1 is 1.14 bits per heavy atom. The number of para-hydroxylation sites is 1. The Bertz CT molecular complexity index is 1060. The molecule has 0 radical (unpaired) electrons. The van der Waals surface area contributed by atoms with Gasteiger partial charge in [-0.2, -0.15) is 5.10 Å². The number of thioether (sulfide) groups is 1. The molecule has 7 heteroatoms. The highest BCUT2D eigenvalue weighted by Gasteiger charge is 2.34. The summed E-state index contributed by atoms with van der Waals surface area (Å²) in [4.78, 5) is 12.7. The van der Waals surface area contributed by atoms with Gasteiger partial charge in [0.2, 0.25) is 12.7 Å². The third-order valence-electron chi connectivity index (χ3n) is 5.02. The van der Waals surface area contributed by atoms with Crippen molar-refractivity contribution in [2.24, 2.45) is 0 Å². The zero-order chi connectivity index (χ0) is 19.3. The summed E-state index contributed by atoms with van der Waals surface area (Å²) in [6, 6.07) is 15.8. The molecule has 28 heavy (non-hydrogen) atoms. The van der Waals surface area contributed by atoms with Gasteiger partial charge in [-0.15, -0.1) is 11.8 Å². The van der Waals surface area contributed by atoms with Crippen LogP contribution < -0.4 is 14.8 Å². The zero-order valence-electron chi connectivity index (χ0n) is 15.5. The lowest BCUT2D eigenvalue weighted by molar-refractivity contribution is -0.115. The Hall–Kier alpha value is -2.93. The number of nitrogens with zero attached hydrogens (tertiary/aromatic N) is 2. The molecule has 0 bridgehead atoms. The van der Waals surface area contributed by atoms with Crippen LogP contribution in [0.4, 0.5) is 5.82 Å². The van der Waals surface area contributed by atoms with E-state index in [1.54, 1.807) is 11.8 Å². The van der Waals surface area contributed by atoms with Crippen LogP contribution in [0.1, 0.15) is 29.0 Å². The van der Waals surface area contributed by atoms with Crippen molar-refractivity contribution in [3.63, 3.8) is 0 Å². The highest BCUT2D eigenvalue weighted by molar-refractivity contribution is 8.01. The number of benzene rings is 2. The molecule has 3 aromatic rings. The molecule has 6 nitrogen and oxygen atoms in total. The molecule has 2 aliphatic heterocycles. The summed E-state index contributed by atoms with van der Waals surface area (Å²) in [5.74, 6) is 2.20. The van der Waals surface area contributed by atoms with Crippen molar-refractivity contribution in [3.8, 4) is 17.2 Å². The quantitative estimate of drug-likeness (QED) is 0.711. The van der Waals surface area contributed by atoms with E-state index in [0.29, 0.717) is 0 Å².